The highest BCUT2D eigenvalue weighted by Crippen LogP contribution is 2.18. The van der Waals surface area contributed by atoms with Gasteiger partial charge in [-0.2, -0.15) is 0 Å². The first-order chi connectivity index (χ1) is 13.3. The van der Waals surface area contributed by atoms with Gasteiger partial charge in [-0.05, 0) is 26.2 Å². The van der Waals surface area contributed by atoms with Gasteiger partial charge in [0.15, 0.2) is 11.8 Å². The summed E-state index contributed by atoms with van der Waals surface area (Å²) in [4.78, 5) is 9.90. The standard InChI is InChI=1S/C19H33N7O/c1-2-20-19(25-9-7-16(15-25)24-10-12-27-13-11-24)21-14-18-23-22-17-6-4-3-5-8-26(17)18/h16H,2-15H2,1H3,(H,20,21). The minimum absolute atomic E-state index is 0.605. The Balaban J connectivity index is 1.41. The SMILES string of the molecule is CCNC(=NCc1nnc2n1CCCCC2)N1CCC(N2CCOCC2)C1. The zero-order chi connectivity index (χ0) is 18.5. The fraction of sp³-hybridized carbons (Fsp3) is 0.842. The molecule has 4 rings (SSSR count). The molecule has 27 heavy (non-hydrogen) atoms. The molecule has 0 radical (unpaired) electrons. The zero-order valence-corrected chi connectivity index (χ0v) is 16.6. The van der Waals surface area contributed by atoms with E-state index in [1.807, 2.05) is 0 Å². The van der Waals surface area contributed by atoms with Crippen molar-refractivity contribution in [3.8, 4) is 0 Å². The van der Waals surface area contributed by atoms with Crippen molar-refractivity contribution >= 4 is 5.96 Å². The van der Waals surface area contributed by atoms with Crippen LogP contribution >= 0.6 is 0 Å². The molecule has 0 bridgehead atoms. The number of aryl methyl sites for hydroxylation is 1. The Morgan fingerprint density at radius 3 is 2.89 bits per heavy atom. The first kappa shape index (κ1) is 18.7. The Labute approximate surface area is 162 Å². The summed E-state index contributed by atoms with van der Waals surface area (Å²) in [6, 6.07) is 0.613. The number of aliphatic imine (C=N–C) groups is 1. The van der Waals surface area contributed by atoms with Crippen LogP contribution in [0, 0.1) is 0 Å². The van der Waals surface area contributed by atoms with Crippen molar-refractivity contribution in [2.24, 2.45) is 4.99 Å². The van der Waals surface area contributed by atoms with Crippen LogP contribution in [0.3, 0.4) is 0 Å². The van der Waals surface area contributed by atoms with Crippen molar-refractivity contribution in [2.45, 2.75) is 58.2 Å². The molecule has 2 saturated heterocycles. The molecule has 3 aliphatic heterocycles. The van der Waals surface area contributed by atoms with Crippen LogP contribution in [-0.2, 0) is 24.2 Å². The van der Waals surface area contributed by atoms with E-state index in [4.69, 9.17) is 9.73 Å². The summed E-state index contributed by atoms with van der Waals surface area (Å²) in [5.74, 6) is 3.15. The van der Waals surface area contributed by atoms with Gasteiger partial charge in [-0.15, -0.1) is 10.2 Å². The molecule has 1 atom stereocenters. The van der Waals surface area contributed by atoms with Crippen molar-refractivity contribution in [3.63, 3.8) is 0 Å². The van der Waals surface area contributed by atoms with Crippen LogP contribution in [0.25, 0.3) is 0 Å². The topological polar surface area (TPSA) is 70.8 Å². The predicted molar refractivity (Wildman–Crippen MR) is 105 cm³/mol. The molecule has 150 valence electrons. The average molecular weight is 376 g/mol. The lowest BCUT2D eigenvalue weighted by molar-refractivity contribution is 0.0195. The quantitative estimate of drug-likeness (QED) is 0.622. The van der Waals surface area contributed by atoms with Gasteiger partial charge in [0.05, 0.1) is 13.2 Å². The number of guanidine groups is 1. The van der Waals surface area contributed by atoms with E-state index in [-0.39, 0.29) is 0 Å². The van der Waals surface area contributed by atoms with Crippen LogP contribution < -0.4 is 5.32 Å². The van der Waals surface area contributed by atoms with Gasteiger partial charge in [-0.1, -0.05) is 6.42 Å². The molecule has 2 fully saturated rings. The van der Waals surface area contributed by atoms with Crippen LogP contribution in [0.15, 0.2) is 4.99 Å². The van der Waals surface area contributed by atoms with Gasteiger partial charge >= 0.3 is 0 Å². The summed E-state index contributed by atoms with van der Waals surface area (Å²) in [5.41, 5.74) is 0. The van der Waals surface area contributed by atoms with Crippen LogP contribution in [0.2, 0.25) is 0 Å². The van der Waals surface area contributed by atoms with E-state index < -0.39 is 0 Å². The van der Waals surface area contributed by atoms with Gasteiger partial charge in [0.1, 0.15) is 12.4 Å². The van der Waals surface area contributed by atoms with Crippen LogP contribution in [0.5, 0.6) is 0 Å². The lowest BCUT2D eigenvalue weighted by atomic mass is 10.2. The Hall–Kier alpha value is -1.67. The highest BCUT2D eigenvalue weighted by molar-refractivity contribution is 5.80. The van der Waals surface area contributed by atoms with Gasteiger partial charge in [-0.3, -0.25) is 4.90 Å². The maximum absolute atomic E-state index is 5.50. The molecule has 1 aromatic rings. The molecule has 1 aromatic heterocycles. The Morgan fingerprint density at radius 1 is 1.15 bits per heavy atom. The molecule has 1 N–H and O–H groups in total. The number of likely N-dealkylation sites (tertiary alicyclic amines) is 1. The summed E-state index contributed by atoms with van der Waals surface area (Å²) in [7, 11) is 0. The van der Waals surface area contributed by atoms with Crippen molar-refractivity contribution in [1.82, 2.24) is 29.9 Å². The molecule has 0 spiro atoms. The number of morpholine rings is 1. The maximum Gasteiger partial charge on any atom is 0.194 e. The third-order valence-electron chi connectivity index (χ3n) is 5.92. The fourth-order valence-electron chi connectivity index (χ4n) is 4.41. The Bertz CT molecular complexity index is 638. The number of hydrogen-bond acceptors (Lipinski definition) is 5. The maximum atomic E-state index is 5.50. The highest BCUT2D eigenvalue weighted by Gasteiger charge is 2.30. The number of aromatic nitrogens is 3. The smallest absolute Gasteiger partial charge is 0.194 e. The molecule has 4 heterocycles. The second-order valence-corrected chi connectivity index (χ2v) is 7.70. The van der Waals surface area contributed by atoms with Gasteiger partial charge in [0.2, 0.25) is 0 Å². The Morgan fingerprint density at radius 2 is 2.04 bits per heavy atom. The molecule has 0 aromatic carbocycles. The Kier molecular flexibility index (Phi) is 6.24. The minimum Gasteiger partial charge on any atom is -0.379 e. The fourth-order valence-corrected chi connectivity index (χ4v) is 4.41. The zero-order valence-electron chi connectivity index (χ0n) is 16.6. The van der Waals surface area contributed by atoms with Gasteiger partial charge in [-0.25, -0.2) is 4.99 Å². The number of nitrogens with zero attached hydrogens (tertiary/aromatic N) is 6. The molecule has 0 amide bonds. The van der Waals surface area contributed by atoms with E-state index in [0.29, 0.717) is 12.6 Å². The summed E-state index contributed by atoms with van der Waals surface area (Å²) in [6.45, 7) is 10.6. The second kappa shape index (κ2) is 9.01. The molecule has 3 aliphatic rings. The normalized spacial score (nSPS) is 24.7. The lowest BCUT2D eigenvalue weighted by Crippen LogP contribution is -2.46. The summed E-state index contributed by atoms with van der Waals surface area (Å²) >= 11 is 0. The summed E-state index contributed by atoms with van der Waals surface area (Å²) in [6.07, 6.45) is 5.97. The van der Waals surface area contributed by atoms with Crippen LogP contribution in [0.1, 0.15) is 44.3 Å². The van der Waals surface area contributed by atoms with Crippen molar-refractivity contribution in [1.29, 1.82) is 0 Å². The largest absolute Gasteiger partial charge is 0.379 e. The number of fused-ring (bicyclic) bond motifs is 1. The van der Waals surface area contributed by atoms with Crippen molar-refractivity contribution in [3.05, 3.63) is 11.6 Å². The average Bonchev–Trinajstić information content (AvgIpc) is 3.27. The lowest BCUT2D eigenvalue weighted by Gasteiger charge is -2.32. The first-order valence-corrected chi connectivity index (χ1v) is 10.6. The number of nitrogens with one attached hydrogen (secondary N) is 1. The van der Waals surface area contributed by atoms with Crippen molar-refractivity contribution in [2.75, 3.05) is 45.9 Å². The summed E-state index contributed by atoms with van der Waals surface area (Å²) in [5, 5.41) is 12.3. The molecular weight excluding hydrogens is 342 g/mol. The molecular formula is C19H33N7O. The van der Waals surface area contributed by atoms with E-state index >= 15 is 0 Å². The second-order valence-electron chi connectivity index (χ2n) is 7.70. The molecule has 0 aliphatic carbocycles. The number of rotatable bonds is 4. The van der Waals surface area contributed by atoms with E-state index in [1.165, 1.54) is 25.7 Å². The van der Waals surface area contributed by atoms with Gasteiger partial charge < -0.3 is 19.5 Å². The van der Waals surface area contributed by atoms with Crippen LogP contribution in [0.4, 0.5) is 0 Å². The van der Waals surface area contributed by atoms with Crippen LogP contribution in [-0.4, -0.2) is 82.5 Å². The highest BCUT2D eigenvalue weighted by atomic mass is 16.5. The number of hydrogen-bond donors (Lipinski definition) is 1. The third-order valence-corrected chi connectivity index (χ3v) is 5.92. The van der Waals surface area contributed by atoms with E-state index in [2.05, 4.69) is 36.8 Å². The van der Waals surface area contributed by atoms with Crippen molar-refractivity contribution < 1.29 is 4.74 Å². The molecule has 8 nitrogen and oxygen atoms in total. The van der Waals surface area contributed by atoms with E-state index in [9.17, 15) is 0 Å². The molecule has 8 heteroatoms. The minimum atomic E-state index is 0.605. The predicted octanol–water partition coefficient (Wildman–Crippen LogP) is 0.877. The van der Waals surface area contributed by atoms with Gasteiger partial charge in [0, 0.05) is 51.7 Å². The third kappa shape index (κ3) is 4.43. The summed E-state index contributed by atoms with van der Waals surface area (Å²) < 4.78 is 7.79. The van der Waals surface area contributed by atoms with E-state index in [0.717, 1.165) is 76.5 Å². The first-order valence-electron chi connectivity index (χ1n) is 10.6. The molecule has 0 saturated carbocycles. The number of ether oxygens (including phenoxy) is 1. The van der Waals surface area contributed by atoms with E-state index in [1.54, 1.807) is 0 Å². The monoisotopic (exact) mass is 375 g/mol. The molecule has 1 unspecified atom stereocenters. The van der Waals surface area contributed by atoms with Gasteiger partial charge in [0.25, 0.3) is 0 Å².